The number of nitrogens with one attached hydrogen (secondary N) is 2. The van der Waals surface area contributed by atoms with Gasteiger partial charge >= 0.3 is 0 Å². The van der Waals surface area contributed by atoms with Crippen molar-refractivity contribution < 1.29 is 23.0 Å². The number of carbonyl (C=O) groups is 1. The van der Waals surface area contributed by atoms with Crippen LogP contribution in [0, 0.1) is 11.6 Å². The van der Waals surface area contributed by atoms with Gasteiger partial charge in [0.1, 0.15) is 17.3 Å². The van der Waals surface area contributed by atoms with E-state index in [1.54, 1.807) is 51.4 Å². The van der Waals surface area contributed by atoms with Crippen LogP contribution in [0.15, 0.2) is 30.3 Å². The van der Waals surface area contributed by atoms with Crippen molar-refractivity contribution in [3.8, 4) is 11.5 Å². The van der Waals surface area contributed by atoms with Crippen molar-refractivity contribution in [2.24, 2.45) is 0 Å². The van der Waals surface area contributed by atoms with Gasteiger partial charge < -0.3 is 25.0 Å². The van der Waals surface area contributed by atoms with E-state index in [1.165, 1.54) is 0 Å². The van der Waals surface area contributed by atoms with Crippen LogP contribution in [0.5, 0.6) is 11.5 Å². The van der Waals surface area contributed by atoms with Crippen molar-refractivity contribution in [3.63, 3.8) is 0 Å². The molecule has 1 fully saturated rings. The van der Waals surface area contributed by atoms with Crippen LogP contribution in [0.25, 0.3) is 10.9 Å². The van der Waals surface area contributed by atoms with E-state index >= 15 is 0 Å². The average Bonchev–Trinajstić information content (AvgIpc) is 2.85. The van der Waals surface area contributed by atoms with Gasteiger partial charge in [-0.05, 0) is 43.9 Å². The largest absolute Gasteiger partial charge is 0.497 e. The van der Waals surface area contributed by atoms with E-state index in [0.717, 1.165) is 37.8 Å². The lowest BCUT2D eigenvalue weighted by atomic mass is 9.91. The Morgan fingerprint density at radius 2 is 1.51 bits per heavy atom. The number of aromatic nitrogens is 2. The normalized spacial score (nSPS) is 17.7. The number of carbonyl (C=O) groups excluding carboxylic acids is 1. The molecular formula is C25H29F2N5O3. The van der Waals surface area contributed by atoms with Gasteiger partial charge in [-0.2, -0.15) is 4.98 Å². The molecule has 8 nitrogen and oxygen atoms in total. The molecule has 1 amide bonds. The molecule has 4 rings (SSSR count). The molecule has 2 N–H and O–H groups in total. The SMILES string of the molecule is COc1cc(OC)cc(C(=O)NC2CCC(Nc3nc(N(C)C)c4cc(F)c(F)cc4n3)CC2)c1. The van der Waals surface area contributed by atoms with Crippen LogP contribution in [-0.4, -0.2) is 56.3 Å². The molecule has 1 aliphatic carbocycles. The first kappa shape index (κ1) is 24.4. The summed E-state index contributed by atoms with van der Waals surface area (Å²) in [5.41, 5.74) is 0.811. The summed E-state index contributed by atoms with van der Waals surface area (Å²) in [6.45, 7) is 0. The fourth-order valence-corrected chi connectivity index (χ4v) is 4.28. The molecule has 0 saturated heterocycles. The summed E-state index contributed by atoms with van der Waals surface area (Å²) in [4.78, 5) is 23.5. The number of ether oxygens (including phenoxy) is 2. The molecule has 1 aromatic heterocycles. The lowest BCUT2D eigenvalue weighted by Crippen LogP contribution is -2.40. The Morgan fingerprint density at radius 1 is 0.914 bits per heavy atom. The highest BCUT2D eigenvalue weighted by atomic mass is 19.2. The first-order valence-corrected chi connectivity index (χ1v) is 11.4. The maximum atomic E-state index is 13.8. The zero-order valence-corrected chi connectivity index (χ0v) is 20.2. The Balaban J connectivity index is 1.40. The minimum atomic E-state index is -0.947. The highest BCUT2D eigenvalue weighted by Crippen LogP contribution is 2.28. The van der Waals surface area contributed by atoms with Crippen molar-refractivity contribution >= 4 is 28.6 Å². The molecule has 0 radical (unpaired) electrons. The molecular weight excluding hydrogens is 456 g/mol. The minimum Gasteiger partial charge on any atom is -0.497 e. The van der Waals surface area contributed by atoms with Gasteiger partial charge in [0.25, 0.3) is 5.91 Å². The van der Waals surface area contributed by atoms with Crippen LogP contribution in [0.4, 0.5) is 20.5 Å². The quantitative estimate of drug-likeness (QED) is 0.520. The van der Waals surface area contributed by atoms with E-state index in [-0.39, 0.29) is 18.0 Å². The molecule has 2 aromatic carbocycles. The predicted octanol–water partition coefficient (Wildman–Crippen LogP) is 4.14. The summed E-state index contributed by atoms with van der Waals surface area (Å²) in [7, 11) is 6.66. The van der Waals surface area contributed by atoms with Crippen LogP contribution >= 0.6 is 0 Å². The lowest BCUT2D eigenvalue weighted by Gasteiger charge is -2.30. The molecule has 0 bridgehead atoms. The topological polar surface area (TPSA) is 88.6 Å². The van der Waals surface area contributed by atoms with E-state index in [0.29, 0.717) is 39.7 Å². The third-order valence-electron chi connectivity index (χ3n) is 6.15. The maximum absolute atomic E-state index is 13.8. The Labute approximate surface area is 202 Å². The van der Waals surface area contributed by atoms with Gasteiger partial charge in [0.2, 0.25) is 5.95 Å². The molecule has 0 unspecified atom stereocenters. The van der Waals surface area contributed by atoms with Crippen LogP contribution in [0.3, 0.4) is 0 Å². The van der Waals surface area contributed by atoms with Gasteiger partial charge in [-0.3, -0.25) is 4.79 Å². The second-order valence-electron chi connectivity index (χ2n) is 8.82. The Kier molecular flexibility index (Phi) is 7.18. The third-order valence-corrected chi connectivity index (χ3v) is 6.15. The lowest BCUT2D eigenvalue weighted by molar-refractivity contribution is 0.0926. The number of anilines is 2. The molecule has 1 aliphatic rings. The fourth-order valence-electron chi connectivity index (χ4n) is 4.28. The zero-order valence-electron chi connectivity index (χ0n) is 20.2. The summed E-state index contributed by atoms with van der Waals surface area (Å²) >= 11 is 0. The van der Waals surface area contributed by atoms with Crippen molar-refractivity contribution in [1.82, 2.24) is 15.3 Å². The summed E-state index contributed by atoms with van der Waals surface area (Å²) in [5, 5.41) is 6.86. The molecule has 1 saturated carbocycles. The molecule has 3 aromatic rings. The predicted molar refractivity (Wildman–Crippen MR) is 130 cm³/mol. The molecule has 0 aliphatic heterocycles. The van der Waals surface area contributed by atoms with E-state index in [4.69, 9.17) is 9.47 Å². The maximum Gasteiger partial charge on any atom is 0.251 e. The first-order valence-electron chi connectivity index (χ1n) is 11.4. The minimum absolute atomic E-state index is 0.0321. The number of nitrogens with zero attached hydrogens (tertiary/aromatic N) is 3. The molecule has 35 heavy (non-hydrogen) atoms. The number of hydrogen-bond acceptors (Lipinski definition) is 7. The van der Waals surface area contributed by atoms with Gasteiger partial charge in [-0.15, -0.1) is 0 Å². The molecule has 10 heteroatoms. The van der Waals surface area contributed by atoms with Gasteiger partial charge in [0.05, 0.1) is 19.7 Å². The second kappa shape index (κ2) is 10.3. The number of rotatable bonds is 7. The van der Waals surface area contributed by atoms with Gasteiger partial charge in [0.15, 0.2) is 11.6 Å². The van der Waals surface area contributed by atoms with Crippen molar-refractivity contribution in [3.05, 3.63) is 47.5 Å². The Morgan fingerprint density at radius 3 is 2.11 bits per heavy atom. The molecule has 0 spiro atoms. The Bertz CT molecular complexity index is 1210. The average molecular weight is 486 g/mol. The summed E-state index contributed by atoms with van der Waals surface area (Å²) in [6.07, 6.45) is 3.14. The van der Waals surface area contributed by atoms with E-state index in [9.17, 15) is 13.6 Å². The monoisotopic (exact) mass is 485 g/mol. The summed E-state index contributed by atoms with van der Waals surface area (Å²) in [6, 6.07) is 7.41. The van der Waals surface area contributed by atoms with Crippen LogP contribution in [-0.2, 0) is 0 Å². The highest BCUT2D eigenvalue weighted by molar-refractivity contribution is 5.95. The molecule has 1 heterocycles. The van der Waals surface area contributed by atoms with Crippen molar-refractivity contribution in [1.29, 1.82) is 0 Å². The van der Waals surface area contributed by atoms with E-state index < -0.39 is 11.6 Å². The van der Waals surface area contributed by atoms with Crippen LogP contribution in [0.2, 0.25) is 0 Å². The number of halogens is 2. The van der Waals surface area contributed by atoms with Crippen molar-refractivity contribution in [2.45, 2.75) is 37.8 Å². The molecule has 186 valence electrons. The number of amides is 1. The standard InChI is InChI=1S/C25H29F2N5O3/c1-32(2)23-19-12-20(26)21(27)13-22(19)30-25(31-23)29-16-7-5-15(6-8-16)28-24(33)14-9-17(34-3)11-18(10-14)35-4/h9-13,15-16H,5-8H2,1-4H3,(H,28,33)(H,29,30,31). The molecule has 0 atom stereocenters. The zero-order chi connectivity index (χ0) is 25.1. The van der Waals surface area contributed by atoms with Crippen LogP contribution < -0.4 is 25.0 Å². The second-order valence-corrected chi connectivity index (χ2v) is 8.82. The highest BCUT2D eigenvalue weighted by Gasteiger charge is 2.24. The van der Waals surface area contributed by atoms with Gasteiger partial charge in [-0.1, -0.05) is 0 Å². The summed E-state index contributed by atoms with van der Waals surface area (Å²) < 4.78 is 38.1. The first-order chi connectivity index (χ1) is 16.8. The van der Waals surface area contributed by atoms with E-state index in [1.807, 2.05) is 0 Å². The van der Waals surface area contributed by atoms with Crippen molar-refractivity contribution in [2.75, 3.05) is 38.5 Å². The van der Waals surface area contributed by atoms with Gasteiger partial charge in [-0.25, -0.2) is 13.8 Å². The smallest absolute Gasteiger partial charge is 0.251 e. The Hall–Kier alpha value is -3.69. The summed E-state index contributed by atoms with van der Waals surface area (Å²) in [5.74, 6) is -0.0833. The number of fused-ring (bicyclic) bond motifs is 1. The fraction of sp³-hybridized carbons (Fsp3) is 0.400. The number of methoxy groups -OCH3 is 2. The number of hydrogen-bond donors (Lipinski definition) is 2. The third kappa shape index (κ3) is 5.52. The number of benzene rings is 2. The van der Waals surface area contributed by atoms with E-state index in [2.05, 4.69) is 20.6 Å². The van der Waals surface area contributed by atoms with Gasteiger partial charge in [0, 0.05) is 49.3 Å². The van der Waals surface area contributed by atoms with Crippen LogP contribution in [0.1, 0.15) is 36.0 Å².